The molecule has 1 amide bonds. The fourth-order valence-electron chi connectivity index (χ4n) is 2.95. The number of carbonyl (C=O) groups is 1. The van der Waals surface area contributed by atoms with Gasteiger partial charge in [-0.25, -0.2) is 4.39 Å². The first kappa shape index (κ1) is 15.0. The lowest BCUT2D eigenvalue weighted by atomic mass is 9.97. The molecule has 0 spiro atoms. The maximum Gasteiger partial charge on any atom is 0.255 e. The van der Waals surface area contributed by atoms with Crippen molar-refractivity contribution in [3.63, 3.8) is 0 Å². The summed E-state index contributed by atoms with van der Waals surface area (Å²) < 4.78 is 13.9. The highest BCUT2D eigenvalue weighted by Gasteiger charge is 2.35. The van der Waals surface area contributed by atoms with E-state index in [0.717, 1.165) is 45.3 Å². The number of nitrogens with one attached hydrogen (secondary N) is 1. The molecule has 0 bridgehead atoms. The maximum atomic E-state index is 13.7. The number of piperidine rings is 1. The van der Waals surface area contributed by atoms with Gasteiger partial charge < -0.3 is 10.2 Å². The summed E-state index contributed by atoms with van der Waals surface area (Å²) in [5.41, 5.74) is 0.441. The number of hydrogen-bond donors (Lipinski definition) is 1. The summed E-state index contributed by atoms with van der Waals surface area (Å²) >= 11 is 3.21. The summed E-state index contributed by atoms with van der Waals surface area (Å²) in [4.78, 5) is 14.8. The third-order valence-corrected chi connectivity index (χ3v) is 5.15. The molecule has 3 nitrogen and oxygen atoms in total. The van der Waals surface area contributed by atoms with Crippen LogP contribution < -0.4 is 5.32 Å². The number of amides is 1. The van der Waals surface area contributed by atoms with Gasteiger partial charge in [0.05, 0.1) is 10.0 Å². The van der Waals surface area contributed by atoms with Crippen LogP contribution in [0.25, 0.3) is 0 Å². The van der Waals surface area contributed by atoms with Crippen LogP contribution in [-0.4, -0.2) is 36.5 Å². The highest BCUT2D eigenvalue weighted by Crippen LogP contribution is 2.32. The van der Waals surface area contributed by atoms with Crippen LogP contribution in [0.15, 0.2) is 22.7 Å². The molecular weight excluding hydrogens is 335 g/mol. The van der Waals surface area contributed by atoms with Gasteiger partial charge in [-0.05, 0) is 72.8 Å². The molecule has 5 heteroatoms. The summed E-state index contributed by atoms with van der Waals surface area (Å²) in [5, 5.41) is 3.35. The first-order valence-corrected chi connectivity index (χ1v) is 8.42. The Morgan fingerprint density at radius 1 is 1.29 bits per heavy atom. The second kappa shape index (κ2) is 6.44. The largest absolute Gasteiger partial charge is 0.335 e. The Morgan fingerprint density at radius 3 is 2.67 bits per heavy atom. The Kier molecular flexibility index (Phi) is 4.60. The minimum atomic E-state index is -0.376. The lowest BCUT2D eigenvalue weighted by Crippen LogP contribution is -2.40. The number of rotatable bonds is 4. The minimum Gasteiger partial charge on any atom is -0.335 e. The van der Waals surface area contributed by atoms with E-state index in [9.17, 15) is 9.18 Å². The fourth-order valence-corrected chi connectivity index (χ4v) is 3.38. The van der Waals surface area contributed by atoms with Crippen molar-refractivity contribution in [1.29, 1.82) is 0 Å². The summed E-state index contributed by atoms with van der Waals surface area (Å²) in [6, 6.07) is 5.02. The molecule has 0 radical (unpaired) electrons. The molecule has 3 rings (SSSR count). The van der Waals surface area contributed by atoms with Crippen LogP contribution in [0.1, 0.15) is 36.0 Å². The highest BCUT2D eigenvalue weighted by molar-refractivity contribution is 9.10. The first-order chi connectivity index (χ1) is 10.2. The monoisotopic (exact) mass is 354 g/mol. The van der Waals surface area contributed by atoms with Crippen molar-refractivity contribution in [2.75, 3.05) is 19.6 Å². The maximum absolute atomic E-state index is 13.7. The second-order valence-electron chi connectivity index (χ2n) is 5.98. The van der Waals surface area contributed by atoms with Crippen LogP contribution in [0.4, 0.5) is 4.39 Å². The predicted octanol–water partition coefficient (Wildman–Crippen LogP) is 3.19. The fraction of sp³-hybridized carbons (Fsp3) is 0.562. The van der Waals surface area contributed by atoms with Crippen LogP contribution >= 0.6 is 15.9 Å². The lowest BCUT2D eigenvalue weighted by molar-refractivity contribution is 0.0700. The zero-order valence-electron chi connectivity index (χ0n) is 11.9. The van der Waals surface area contributed by atoms with Gasteiger partial charge in [-0.15, -0.1) is 0 Å². The zero-order chi connectivity index (χ0) is 14.8. The van der Waals surface area contributed by atoms with Gasteiger partial charge in [0, 0.05) is 12.6 Å². The molecule has 1 saturated heterocycles. The van der Waals surface area contributed by atoms with Crippen molar-refractivity contribution in [3.8, 4) is 0 Å². The van der Waals surface area contributed by atoms with E-state index in [4.69, 9.17) is 0 Å². The molecule has 0 unspecified atom stereocenters. The number of carbonyl (C=O) groups excluding carboxylic acids is 1. The molecule has 2 aliphatic rings. The van der Waals surface area contributed by atoms with Crippen molar-refractivity contribution in [3.05, 3.63) is 34.1 Å². The Hall–Kier alpha value is -0.940. The summed E-state index contributed by atoms with van der Waals surface area (Å²) in [5.74, 6) is 0.143. The van der Waals surface area contributed by atoms with E-state index < -0.39 is 0 Å². The standard InChI is InChI=1S/C16H20BrFN2O/c17-15-13(2-1-3-14(15)18)16(21)20(12-4-5-12)10-11-6-8-19-9-7-11/h1-3,11-12,19H,4-10H2. The molecule has 1 aliphatic carbocycles. The van der Waals surface area contributed by atoms with Crippen molar-refractivity contribution < 1.29 is 9.18 Å². The molecule has 0 atom stereocenters. The summed E-state index contributed by atoms with van der Waals surface area (Å²) in [7, 11) is 0. The zero-order valence-corrected chi connectivity index (χ0v) is 13.5. The van der Waals surface area contributed by atoms with Crippen LogP contribution in [0.2, 0.25) is 0 Å². The van der Waals surface area contributed by atoms with Crippen molar-refractivity contribution in [1.82, 2.24) is 10.2 Å². The van der Waals surface area contributed by atoms with Gasteiger partial charge in [0.1, 0.15) is 5.82 Å². The topological polar surface area (TPSA) is 32.3 Å². The Labute approximate surface area is 133 Å². The van der Waals surface area contributed by atoms with Crippen molar-refractivity contribution >= 4 is 21.8 Å². The molecule has 1 aromatic carbocycles. The average molecular weight is 355 g/mol. The van der Waals surface area contributed by atoms with Gasteiger partial charge in [-0.3, -0.25) is 4.79 Å². The smallest absolute Gasteiger partial charge is 0.255 e. The number of halogens is 2. The third-order valence-electron chi connectivity index (χ3n) is 4.34. The lowest BCUT2D eigenvalue weighted by Gasteiger charge is -2.30. The third kappa shape index (κ3) is 3.46. The molecule has 1 aliphatic heterocycles. The minimum absolute atomic E-state index is 0.0394. The molecule has 2 fully saturated rings. The average Bonchev–Trinajstić information content (AvgIpc) is 3.33. The Morgan fingerprint density at radius 2 is 2.00 bits per heavy atom. The van der Waals surface area contributed by atoms with Gasteiger partial charge in [-0.1, -0.05) is 6.07 Å². The van der Waals surface area contributed by atoms with E-state index in [1.807, 2.05) is 4.90 Å². The van der Waals surface area contributed by atoms with Crippen molar-refractivity contribution in [2.45, 2.75) is 31.7 Å². The van der Waals surface area contributed by atoms with E-state index in [2.05, 4.69) is 21.2 Å². The Bertz CT molecular complexity index is 527. The normalized spacial score (nSPS) is 19.5. The molecule has 114 valence electrons. The van der Waals surface area contributed by atoms with Gasteiger partial charge >= 0.3 is 0 Å². The molecular formula is C16H20BrFN2O. The number of hydrogen-bond acceptors (Lipinski definition) is 2. The van der Waals surface area contributed by atoms with Gasteiger partial charge in [0.2, 0.25) is 0 Å². The van der Waals surface area contributed by atoms with Gasteiger partial charge in [0.15, 0.2) is 0 Å². The SMILES string of the molecule is O=C(c1cccc(F)c1Br)N(CC1CCNCC1)C1CC1. The molecule has 0 aromatic heterocycles. The van der Waals surface area contributed by atoms with Crippen LogP contribution in [0.5, 0.6) is 0 Å². The summed E-state index contributed by atoms with van der Waals surface area (Å²) in [6.07, 6.45) is 4.37. The molecule has 1 N–H and O–H groups in total. The van der Waals surface area contributed by atoms with Crippen LogP contribution in [-0.2, 0) is 0 Å². The molecule has 1 aromatic rings. The van der Waals surface area contributed by atoms with E-state index >= 15 is 0 Å². The van der Waals surface area contributed by atoms with Crippen LogP contribution in [0, 0.1) is 11.7 Å². The van der Waals surface area contributed by atoms with E-state index in [1.165, 1.54) is 6.07 Å². The first-order valence-electron chi connectivity index (χ1n) is 7.62. The molecule has 21 heavy (non-hydrogen) atoms. The quantitative estimate of drug-likeness (QED) is 0.900. The van der Waals surface area contributed by atoms with Gasteiger partial charge in [-0.2, -0.15) is 0 Å². The second-order valence-corrected chi connectivity index (χ2v) is 6.78. The van der Waals surface area contributed by atoms with E-state index in [-0.39, 0.29) is 16.2 Å². The number of benzene rings is 1. The molecule has 1 saturated carbocycles. The highest BCUT2D eigenvalue weighted by atomic mass is 79.9. The van der Waals surface area contributed by atoms with E-state index in [0.29, 0.717) is 17.5 Å². The van der Waals surface area contributed by atoms with Crippen LogP contribution in [0.3, 0.4) is 0 Å². The van der Waals surface area contributed by atoms with Crippen molar-refractivity contribution in [2.24, 2.45) is 5.92 Å². The van der Waals surface area contributed by atoms with Gasteiger partial charge in [0.25, 0.3) is 5.91 Å². The predicted molar refractivity (Wildman–Crippen MR) is 83.8 cm³/mol. The molecule has 1 heterocycles. The summed E-state index contributed by atoms with van der Waals surface area (Å²) in [6.45, 7) is 2.86. The number of nitrogens with zero attached hydrogens (tertiary/aromatic N) is 1. The van der Waals surface area contributed by atoms with E-state index in [1.54, 1.807) is 12.1 Å². The Balaban J connectivity index is 1.76.